The number of carbonyl (C=O) groups is 3. The van der Waals surface area contributed by atoms with Crippen LogP contribution in [0.4, 0.5) is 5.69 Å². The van der Waals surface area contributed by atoms with Crippen LogP contribution in [0.2, 0.25) is 0 Å². The van der Waals surface area contributed by atoms with E-state index in [0.717, 1.165) is 4.47 Å². The van der Waals surface area contributed by atoms with Gasteiger partial charge in [-0.15, -0.1) is 0 Å². The summed E-state index contributed by atoms with van der Waals surface area (Å²) < 4.78 is 6.03. The summed E-state index contributed by atoms with van der Waals surface area (Å²) >= 11 is 8.52. The van der Waals surface area contributed by atoms with Gasteiger partial charge in [-0.2, -0.15) is 0 Å². The quantitative estimate of drug-likeness (QED) is 0.392. The lowest BCUT2D eigenvalue weighted by atomic mass is 10.1. The Labute approximate surface area is 180 Å². The first-order chi connectivity index (χ1) is 13.8. The molecule has 1 fully saturated rings. The number of nitrogens with zero attached hydrogens (tertiary/aromatic N) is 1. The highest BCUT2D eigenvalue weighted by Gasteiger charge is 2.34. The van der Waals surface area contributed by atoms with Gasteiger partial charge in [0, 0.05) is 4.47 Å². The van der Waals surface area contributed by atoms with E-state index >= 15 is 0 Å². The lowest BCUT2D eigenvalue weighted by Crippen LogP contribution is -2.54. The van der Waals surface area contributed by atoms with E-state index < -0.39 is 23.9 Å². The van der Waals surface area contributed by atoms with E-state index in [4.69, 9.17) is 22.1 Å². The van der Waals surface area contributed by atoms with Crippen molar-refractivity contribution in [3.8, 4) is 5.75 Å². The van der Waals surface area contributed by atoms with Crippen LogP contribution in [0.25, 0.3) is 6.08 Å². The van der Waals surface area contributed by atoms with E-state index in [1.54, 1.807) is 42.5 Å². The van der Waals surface area contributed by atoms with Crippen LogP contribution in [0.1, 0.15) is 12.5 Å². The largest absolute Gasteiger partial charge is 0.479 e. The molecule has 2 aromatic rings. The van der Waals surface area contributed by atoms with Crippen molar-refractivity contribution in [2.24, 2.45) is 0 Å². The number of anilines is 1. The number of halogens is 1. The minimum atomic E-state index is -1.08. The van der Waals surface area contributed by atoms with Crippen molar-refractivity contribution in [2.45, 2.75) is 13.0 Å². The Balaban J connectivity index is 1.87. The molecule has 2 aromatic carbocycles. The molecule has 1 aliphatic heterocycles. The van der Waals surface area contributed by atoms with Gasteiger partial charge in [0.25, 0.3) is 11.8 Å². The van der Waals surface area contributed by atoms with Gasteiger partial charge >= 0.3 is 5.97 Å². The normalized spacial score (nSPS) is 16.6. The van der Waals surface area contributed by atoms with Crippen LogP contribution < -0.4 is 15.0 Å². The van der Waals surface area contributed by atoms with Crippen molar-refractivity contribution in [2.75, 3.05) is 4.90 Å². The van der Waals surface area contributed by atoms with E-state index in [2.05, 4.69) is 21.2 Å². The second-order valence-electron chi connectivity index (χ2n) is 6.11. The molecule has 1 unspecified atom stereocenters. The third-order valence-electron chi connectivity index (χ3n) is 4.02. The van der Waals surface area contributed by atoms with Gasteiger partial charge in [0.2, 0.25) is 0 Å². The minimum absolute atomic E-state index is 0.00153. The highest BCUT2D eigenvalue weighted by atomic mass is 79.9. The SMILES string of the molecule is CC(Oc1ccc(C=C2C(=O)NC(=S)N(c3cccc(Br)c3)C2=O)cc1)C(=O)O. The van der Waals surface area contributed by atoms with E-state index in [1.165, 1.54) is 17.9 Å². The number of thiocarbonyl (C=S) groups is 1. The Morgan fingerprint density at radius 3 is 2.55 bits per heavy atom. The van der Waals surface area contributed by atoms with Crippen LogP contribution in [0.15, 0.2) is 58.6 Å². The summed E-state index contributed by atoms with van der Waals surface area (Å²) in [4.78, 5) is 37.4. The molecule has 29 heavy (non-hydrogen) atoms. The number of rotatable bonds is 5. The Bertz CT molecular complexity index is 1040. The van der Waals surface area contributed by atoms with Crippen molar-refractivity contribution in [1.82, 2.24) is 5.32 Å². The molecular formula is C20H15BrN2O5S. The van der Waals surface area contributed by atoms with Crippen molar-refractivity contribution < 1.29 is 24.2 Å². The molecule has 148 valence electrons. The maximum absolute atomic E-state index is 13.0. The Morgan fingerprint density at radius 1 is 1.24 bits per heavy atom. The molecule has 9 heteroatoms. The predicted molar refractivity (Wildman–Crippen MR) is 115 cm³/mol. The molecule has 3 rings (SSSR count). The van der Waals surface area contributed by atoms with Crippen LogP contribution in [-0.4, -0.2) is 34.1 Å². The molecule has 0 aliphatic carbocycles. The molecule has 2 N–H and O–H groups in total. The number of carbonyl (C=O) groups excluding carboxylic acids is 2. The van der Waals surface area contributed by atoms with Crippen LogP contribution in [0.5, 0.6) is 5.75 Å². The van der Waals surface area contributed by atoms with Crippen LogP contribution in [-0.2, 0) is 14.4 Å². The van der Waals surface area contributed by atoms with E-state index in [9.17, 15) is 14.4 Å². The van der Waals surface area contributed by atoms with Crippen LogP contribution in [0.3, 0.4) is 0 Å². The molecule has 1 aliphatic rings. The van der Waals surface area contributed by atoms with Gasteiger partial charge in [-0.25, -0.2) is 4.79 Å². The third kappa shape index (κ3) is 4.69. The summed E-state index contributed by atoms with van der Waals surface area (Å²) in [7, 11) is 0. The van der Waals surface area contributed by atoms with Crippen LogP contribution in [0, 0.1) is 0 Å². The summed E-state index contributed by atoms with van der Waals surface area (Å²) in [6, 6.07) is 13.4. The summed E-state index contributed by atoms with van der Waals surface area (Å²) in [5.41, 5.74) is 1.01. The molecule has 1 saturated heterocycles. The van der Waals surface area contributed by atoms with Crippen molar-refractivity contribution in [1.29, 1.82) is 0 Å². The van der Waals surface area contributed by atoms with E-state index in [0.29, 0.717) is 17.0 Å². The highest BCUT2D eigenvalue weighted by Crippen LogP contribution is 2.25. The number of ether oxygens (including phenoxy) is 1. The number of carboxylic acid groups (broad SMARTS) is 1. The number of hydrogen-bond acceptors (Lipinski definition) is 5. The lowest BCUT2D eigenvalue weighted by Gasteiger charge is -2.29. The zero-order chi connectivity index (χ0) is 21.1. The molecule has 2 amide bonds. The molecule has 1 heterocycles. The Morgan fingerprint density at radius 2 is 1.93 bits per heavy atom. The summed E-state index contributed by atoms with van der Waals surface area (Å²) in [6.45, 7) is 1.42. The molecule has 0 radical (unpaired) electrons. The molecule has 0 bridgehead atoms. The monoisotopic (exact) mass is 474 g/mol. The van der Waals surface area contributed by atoms with Gasteiger partial charge in [-0.3, -0.25) is 19.8 Å². The molecule has 7 nitrogen and oxygen atoms in total. The minimum Gasteiger partial charge on any atom is -0.479 e. The van der Waals surface area contributed by atoms with Gasteiger partial charge in [-0.05, 0) is 61.1 Å². The van der Waals surface area contributed by atoms with Gasteiger partial charge in [0.15, 0.2) is 11.2 Å². The highest BCUT2D eigenvalue weighted by molar-refractivity contribution is 9.10. The van der Waals surface area contributed by atoms with Gasteiger partial charge < -0.3 is 9.84 Å². The Kier molecular flexibility index (Phi) is 6.09. The fourth-order valence-electron chi connectivity index (χ4n) is 2.57. The first-order valence-electron chi connectivity index (χ1n) is 8.43. The van der Waals surface area contributed by atoms with E-state index in [1.807, 2.05) is 6.07 Å². The molecule has 0 saturated carbocycles. The standard InChI is InChI=1S/C20H15BrN2O5S/c1-11(19(26)27)28-15-7-5-12(6-8-15)9-16-17(24)22-20(29)23(18(16)25)14-4-2-3-13(21)10-14/h2-11H,1H3,(H,26,27)(H,22,24,29). The van der Waals surface area contributed by atoms with Crippen molar-refractivity contribution in [3.05, 3.63) is 64.1 Å². The maximum Gasteiger partial charge on any atom is 0.344 e. The molecular weight excluding hydrogens is 460 g/mol. The fourth-order valence-corrected chi connectivity index (χ4v) is 3.24. The second-order valence-corrected chi connectivity index (χ2v) is 7.41. The zero-order valence-electron chi connectivity index (χ0n) is 15.1. The number of benzene rings is 2. The third-order valence-corrected chi connectivity index (χ3v) is 4.80. The molecule has 0 aromatic heterocycles. The number of aliphatic carboxylic acids is 1. The fraction of sp³-hybridized carbons (Fsp3) is 0.100. The summed E-state index contributed by atoms with van der Waals surface area (Å²) in [5.74, 6) is -1.86. The first-order valence-corrected chi connectivity index (χ1v) is 9.63. The van der Waals surface area contributed by atoms with Gasteiger partial charge in [-0.1, -0.05) is 34.1 Å². The maximum atomic E-state index is 13.0. The number of amides is 2. The zero-order valence-corrected chi connectivity index (χ0v) is 17.5. The number of carboxylic acids is 1. The average Bonchev–Trinajstić information content (AvgIpc) is 2.66. The number of hydrogen-bond donors (Lipinski definition) is 2. The predicted octanol–water partition coefficient (Wildman–Crippen LogP) is 3.13. The topological polar surface area (TPSA) is 95.9 Å². The van der Waals surface area contributed by atoms with Gasteiger partial charge in [0.05, 0.1) is 5.69 Å². The van der Waals surface area contributed by atoms with Gasteiger partial charge in [0.1, 0.15) is 11.3 Å². The second kappa shape index (κ2) is 8.54. The lowest BCUT2D eigenvalue weighted by molar-refractivity contribution is -0.144. The molecule has 0 spiro atoms. The Hall–Kier alpha value is -3.04. The van der Waals surface area contributed by atoms with Crippen LogP contribution >= 0.6 is 28.1 Å². The van der Waals surface area contributed by atoms with Crippen molar-refractivity contribution >= 4 is 62.8 Å². The molecule has 1 atom stereocenters. The number of nitrogens with one attached hydrogen (secondary N) is 1. The average molecular weight is 475 g/mol. The first kappa shape index (κ1) is 20.7. The van der Waals surface area contributed by atoms with Crippen molar-refractivity contribution in [3.63, 3.8) is 0 Å². The van der Waals surface area contributed by atoms with E-state index in [-0.39, 0.29) is 10.7 Å². The smallest absolute Gasteiger partial charge is 0.344 e. The summed E-state index contributed by atoms with van der Waals surface area (Å²) in [6.07, 6.45) is 0.444. The summed E-state index contributed by atoms with van der Waals surface area (Å²) in [5, 5.41) is 11.4.